The van der Waals surface area contributed by atoms with Crippen molar-refractivity contribution < 1.29 is 14.7 Å². The molecule has 8 atom stereocenters. The molecule has 0 aromatic rings. The minimum Gasteiger partial charge on any atom is -0.481 e. The molecular weight excluding hydrogens is 448 g/mol. The van der Waals surface area contributed by atoms with Crippen LogP contribution in [0.15, 0.2) is 12.2 Å². The summed E-state index contributed by atoms with van der Waals surface area (Å²) in [5, 5.41) is 9.23. The van der Waals surface area contributed by atoms with E-state index in [1.165, 1.54) is 44.1 Å². The molecule has 0 spiro atoms. The molecule has 204 valence electrons. The average Bonchev–Trinajstić information content (AvgIpc) is 3.19. The Bertz CT molecular complexity index is 834. The smallest absolute Gasteiger partial charge is 0.303 e. The quantitative estimate of drug-likeness (QED) is 0.410. The second kappa shape index (κ2) is 10.8. The van der Waals surface area contributed by atoms with Crippen LogP contribution in [-0.2, 0) is 9.59 Å². The Kier molecular flexibility index (Phi) is 8.29. The van der Waals surface area contributed by atoms with Crippen LogP contribution < -0.4 is 0 Å². The number of aliphatic carboxylic acids is 1. The molecule has 1 N–H and O–H groups in total. The SMILES string of the molecule is C=C(C)C1CC[C@H]2[C@@H]3CC[C@H]([C@H](C)CCC(=O)O)[C@@]3(C)CC[C@@H]2[C@@]1(C)CCC(=O)N1CCN(C)CC1. The molecule has 1 amide bonds. The maximum Gasteiger partial charge on any atom is 0.303 e. The summed E-state index contributed by atoms with van der Waals surface area (Å²) in [4.78, 5) is 28.8. The molecular formula is C31H52N2O3. The van der Waals surface area contributed by atoms with Crippen LogP contribution in [0, 0.1) is 46.3 Å². The van der Waals surface area contributed by atoms with Gasteiger partial charge in [0.2, 0.25) is 5.91 Å². The van der Waals surface area contributed by atoms with E-state index in [4.69, 9.17) is 0 Å². The highest BCUT2D eigenvalue weighted by Crippen LogP contribution is 2.67. The number of piperazine rings is 1. The Hall–Kier alpha value is -1.36. The van der Waals surface area contributed by atoms with Gasteiger partial charge < -0.3 is 14.9 Å². The second-order valence-corrected chi connectivity index (χ2v) is 13.7. The zero-order chi connectivity index (χ0) is 26.3. The summed E-state index contributed by atoms with van der Waals surface area (Å²) in [7, 11) is 2.14. The van der Waals surface area contributed by atoms with E-state index >= 15 is 0 Å². The van der Waals surface area contributed by atoms with Gasteiger partial charge in [-0.1, -0.05) is 32.9 Å². The van der Waals surface area contributed by atoms with Crippen LogP contribution in [0.1, 0.15) is 91.9 Å². The third-order valence-electron chi connectivity index (χ3n) is 11.8. The number of carboxylic acids is 1. The Morgan fingerprint density at radius 3 is 2.33 bits per heavy atom. The molecule has 4 rings (SSSR count). The first-order valence-electron chi connectivity index (χ1n) is 14.8. The van der Waals surface area contributed by atoms with Gasteiger partial charge in [0.15, 0.2) is 0 Å². The van der Waals surface area contributed by atoms with Gasteiger partial charge in [-0.05, 0) is 112 Å². The number of carbonyl (C=O) groups is 2. The first-order chi connectivity index (χ1) is 17.0. The van der Waals surface area contributed by atoms with Crippen molar-refractivity contribution in [1.82, 2.24) is 9.80 Å². The number of fused-ring (bicyclic) bond motifs is 3. The summed E-state index contributed by atoms with van der Waals surface area (Å²) in [6.45, 7) is 17.7. The fourth-order valence-electron chi connectivity index (χ4n) is 9.74. The predicted molar refractivity (Wildman–Crippen MR) is 146 cm³/mol. The molecule has 5 nitrogen and oxygen atoms in total. The van der Waals surface area contributed by atoms with Gasteiger partial charge >= 0.3 is 5.97 Å². The monoisotopic (exact) mass is 500 g/mol. The van der Waals surface area contributed by atoms with Crippen molar-refractivity contribution >= 4 is 11.9 Å². The Morgan fingerprint density at radius 2 is 1.69 bits per heavy atom. The fraction of sp³-hybridized carbons (Fsp3) is 0.871. The predicted octanol–water partition coefficient (Wildman–Crippen LogP) is 6.09. The van der Waals surface area contributed by atoms with E-state index in [0.29, 0.717) is 47.8 Å². The van der Waals surface area contributed by atoms with Crippen molar-refractivity contribution in [1.29, 1.82) is 0 Å². The largest absolute Gasteiger partial charge is 0.481 e. The van der Waals surface area contributed by atoms with E-state index in [0.717, 1.165) is 50.9 Å². The molecule has 1 heterocycles. The summed E-state index contributed by atoms with van der Waals surface area (Å²) >= 11 is 0. The minimum absolute atomic E-state index is 0.144. The van der Waals surface area contributed by atoms with Crippen LogP contribution in [0.3, 0.4) is 0 Å². The van der Waals surface area contributed by atoms with Crippen molar-refractivity contribution in [2.24, 2.45) is 46.3 Å². The summed E-state index contributed by atoms with van der Waals surface area (Å²) in [5.41, 5.74) is 1.79. The number of likely N-dealkylation sites (N-methyl/N-ethyl adjacent to an activating group) is 1. The molecule has 0 aromatic heterocycles. The molecule has 5 heteroatoms. The summed E-state index contributed by atoms with van der Waals surface area (Å²) in [6, 6.07) is 0. The maximum absolute atomic E-state index is 13.2. The van der Waals surface area contributed by atoms with Gasteiger partial charge in [0.25, 0.3) is 0 Å². The normalized spacial score (nSPS) is 39.8. The molecule has 3 aliphatic carbocycles. The summed E-state index contributed by atoms with van der Waals surface area (Å²) in [5.74, 6) is 3.46. The number of rotatable bonds is 8. The van der Waals surface area contributed by atoms with Crippen LogP contribution in [0.2, 0.25) is 0 Å². The van der Waals surface area contributed by atoms with Crippen molar-refractivity contribution in [2.75, 3.05) is 33.2 Å². The van der Waals surface area contributed by atoms with Crippen LogP contribution in [0.4, 0.5) is 0 Å². The number of nitrogens with zero attached hydrogens (tertiary/aromatic N) is 2. The van der Waals surface area contributed by atoms with E-state index in [1.807, 2.05) is 0 Å². The molecule has 1 unspecified atom stereocenters. The molecule has 1 saturated heterocycles. The van der Waals surface area contributed by atoms with Gasteiger partial charge in [0.1, 0.15) is 0 Å². The number of carboxylic acid groups (broad SMARTS) is 1. The van der Waals surface area contributed by atoms with Crippen molar-refractivity contribution in [3.63, 3.8) is 0 Å². The summed E-state index contributed by atoms with van der Waals surface area (Å²) in [6.07, 6.45) is 10.3. The standard InChI is InChI=1S/C31H52N2O3/c1-21(2)24-9-8-23-26-11-10-25(22(3)7-12-29(35)36)31(26,5)15-13-27(23)30(24,4)16-14-28(34)33-19-17-32(6)18-20-33/h22-27H,1,7-20H2,2-6H3,(H,35,36)/t22-,23+,24?,25-,26+,27+,30+,31-/m1/s1. The molecule has 3 saturated carbocycles. The average molecular weight is 501 g/mol. The first-order valence-corrected chi connectivity index (χ1v) is 14.8. The molecule has 0 radical (unpaired) electrons. The Labute approximate surface area is 220 Å². The first kappa shape index (κ1) is 27.7. The van der Waals surface area contributed by atoms with Crippen molar-refractivity contribution in [2.45, 2.75) is 91.9 Å². The topological polar surface area (TPSA) is 60.9 Å². The van der Waals surface area contributed by atoms with Gasteiger partial charge in [0, 0.05) is 39.0 Å². The Balaban J connectivity index is 1.49. The number of carbonyl (C=O) groups excluding carboxylic acids is 1. The Morgan fingerprint density at radius 1 is 1.00 bits per heavy atom. The molecule has 1 aliphatic heterocycles. The van der Waals surface area contributed by atoms with Crippen molar-refractivity contribution in [3.8, 4) is 0 Å². The lowest BCUT2D eigenvalue weighted by atomic mass is 9.45. The van der Waals surface area contributed by atoms with Gasteiger partial charge in [-0.2, -0.15) is 0 Å². The number of hydrogen-bond donors (Lipinski definition) is 1. The number of hydrogen-bond acceptors (Lipinski definition) is 3. The lowest BCUT2D eigenvalue weighted by molar-refractivity contribution is -0.137. The lowest BCUT2D eigenvalue weighted by Gasteiger charge is -2.60. The molecule has 4 aliphatic rings. The molecule has 4 fully saturated rings. The highest BCUT2D eigenvalue weighted by atomic mass is 16.4. The van der Waals surface area contributed by atoms with Gasteiger partial charge in [-0.3, -0.25) is 9.59 Å². The molecule has 0 bridgehead atoms. The van der Waals surface area contributed by atoms with Gasteiger partial charge in [0.05, 0.1) is 0 Å². The second-order valence-electron chi connectivity index (χ2n) is 13.7. The zero-order valence-corrected chi connectivity index (χ0v) is 23.7. The fourth-order valence-corrected chi connectivity index (χ4v) is 9.74. The maximum atomic E-state index is 13.2. The van der Waals surface area contributed by atoms with Gasteiger partial charge in [-0.25, -0.2) is 0 Å². The van der Waals surface area contributed by atoms with E-state index in [-0.39, 0.29) is 5.41 Å². The molecule has 0 aromatic carbocycles. The van der Waals surface area contributed by atoms with E-state index in [1.54, 1.807) is 0 Å². The highest BCUT2D eigenvalue weighted by molar-refractivity contribution is 5.76. The van der Waals surface area contributed by atoms with Crippen LogP contribution in [0.25, 0.3) is 0 Å². The number of allylic oxidation sites excluding steroid dienone is 1. The van der Waals surface area contributed by atoms with E-state index in [9.17, 15) is 14.7 Å². The zero-order valence-electron chi connectivity index (χ0n) is 23.7. The minimum atomic E-state index is -0.662. The van der Waals surface area contributed by atoms with Crippen LogP contribution in [-0.4, -0.2) is 60.0 Å². The van der Waals surface area contributed by atoms with Crippen LogP contribution in [0.5, 0.6) is 0 Å². The third kappa shape index (κ3) is 5.15. The highest BCUT2D eigenvalue weighted by Gasteiger charge is 2.60. The summed E-state index contributed by atoms with van der Waals surface area (Å²) < 4.78 is 0. The van der Waals surface area contributed by atoms with E-state index < -0.39 is 5.97 Å². The van der Waals surface area contributed by atoms with E-state index in [2.05, 4.69) is 51.1 Å². The molecule has 36 heavy (non-hydrogen) atoms. The lowest BCUT2D eigenvalue weighted by Crippen LogP contribution is -2.53. The van der Waals surface area contributed by atoms with Crippen molar-refractivity contribution in [3.05, 3.63) is 12.2 Å². The van der Waals surface area contributed by atoms with Crippen LogP contribution >= 0.6 is 0 Å². The van der Waals surface area contributed by atoms with Gasteiger partial charge in [-0.15, -0.1) is 0 Å². The number of amides is 1. The third-order valence-corrected chi connectivity index (χ3v) is 11.8.